The lowest BCUT2D eigenvalue weighted by Crippen LogP contribution is -2.33. The van der Waals surface area contributed by atoms with E-state index in [0.717, 1.165) is 44.7 Å². The van der Waals surface area contributed by atoms with Crippen LogP contribution in [0.5, 0.6) is 0 Å². The molecule has 0 spiro atoms. The standard InChI is InChI=1S/C20H18N6O2/c27-20(28)26-7-4-12(5-8-26)17-10-15-18(22-11-23-19(15)25-17)24-14-1-2-16-13(9-14)3-6-21-16/h1-4,6,9-11,21H,5,7-8H2,(H,27,28)(H2,22,23,24,25). The second-order valence-electron chi connectivity index (χ2n) is 6.78. The van der Waals surface area contributed by atoms with Gasteiger partial charge in [0.25, 0.3) is 0 Å². The molecule has 0 saturated heterocycles. The maximum absolute atomic E-state index is 11.1. The van der Waals surface area contributed by atoms with E-state index in [4.69, 9.17) is 5.11 Å². The molecule has 0 atom stereocenters. The number of carboxylic acid groups (broad SMARTS) is 1. The minimum Gasteiger partial charge on any atom is -0.465 e. The Labute approximate surface area is 159 Å². The Morgan fingerprint density at radius 2 is 2.14 bits per heavy atom. The molecule has 1 aromatic carbocycles. The van der Waals surface area contributed by atoms with Gasteiger partial charge in [-0.15, -0.1) is 0 Å². The maximum atomic E-state index is 11.1. The molecule has 0 aliphatic carbocycles. The van der Waals surface area contributed by atoms with Gasteiger partial charge in [-0.05, 0) is 42.3 Å². The fraction of sp³-hybridized carbons (Fsp3) is 0.150. The lowest BCUT2D eigenvalue weighted by Gasteiger charge is -2.23. The van der Waals surface area contributed by atoms with Crippen LogP contribution in [0.4, 0.5) is 16.3 Å². The first-order chi connectivity index (χ1) is 13.7. The average Bonchev–Trinajstić information content (AvgIpc) is 3.35. The Morgan fingerprint density at radius 1 is 1.21 bits per heavy atom. The van der Waals surface area contributed by atoms with Gasteiger partial charge in [0.1, 0.15) is 17.8 Å². The SMILES string of the molecule is O=C(O)N1CC=C(c2cc3c(Nc4ccc5[nH]ccc5c4)ncnc3[nH]2)CC1. The Morgan fingerprint density at radius 3 is 2.96 bits per heavy atom. The van der Waals surface area contributed by atoms with Gasteiger partial charge in [-0.2, -0.15) is 0 Å². The summed E-state index contributed by atoms with van der Waals surface area (Å²) in [6.45, 7) is 0.886. The van der Waals surface area contributed by atoms with Crippen molar-refractivity contribution in [3.63, 3.8) is 0 Å². The summed E-state index contributed by atoms with van der Waals surface area (Å²) in [5.74, 6) is 0.728. The van der Waals surface area contributed by atoms with Gasteiger partial charge in [0.2, 0.25) is 0 Å². The number of aromatic nitrogens is 4. The summed E-state index contributed by atoms with van der Waals surface area (Å²) in [6, 6.07) is 10.1. The molecular weight excluding hydrogens is 356 g/mol. The average molecular weight is 374 g/mol. The lowest BCUT2D eigenvalue weighted by molar-refractivity contribution is 0.150. The molecule has 4 aromatic rings. The zero-order chi connectivity index (χ0) is 19.1. The van der Waals surface area contributed by atoms with Crippen molar-refractivity contribution in [3.8, 4) is 0 Å². The van der Waals surface area contributed by atoms with Crippen LogP contribution in [-0.4, -0.2) is 49.1 Å². The van der Waals surface area contributed by atoms with Gasteiger partial charge in [-0.3, -0.25) is 0 Å². The highest BCUT2D eigenvalue weighted by atomic mass is 16.4. The monoisotopic (exact) mass is 374 g/mol. The van der Waals surface area contributed by atoms with Crippen LogP contribution >= 0.6 is 0 Å². The number of fused-ring (bicyclic) bond motifs is 2. The van der Waals surface area contributed by atoms with Crippen LogP contribution in [0.2, 0.25) is 0 Å². The van der Waals surface area contributed by atoms with E-state index < -0.39 is 6.09 Å². The van der Waals surface area contributed by atoms with Crippen molar-refractivity contribution in [2.45, 2.75) is 6.42 Å². The second-order valence-corrected chi connectivity index (χ2v) is 6.78. The number of amides is 1. The Balaban J connectivity index is 1.46. The molecule has 3 aromatic heterocycles. The van der Waals surface area contributed by atoms with E-state index in [2.05, 4.69) is 31.3 Å². The molecule has 0 saturated carbocycles. The molecule has 5 rings (SSSR count). The minimum absolute atomic E-state index is 0.396. The van der Waals surface area contributed by atoms with Crippen molar-refractivity contribution >= 4 is 45.1 Å². The topological polar surface area (TPSA) is 110 Å². The third kappa shape index (κ3) is 2.84. The highest BCUT2D eigenvalue weighted by Gasteiger charge is 2.18. The maximum Gasteiger partial charge on any atom is 0.407 e. The minimum atomic E-state index is -0.885. The van der Waals surface area contributed by atoms with E-state index in [1.807, 2.05) is 36.5 Å². The van der Waals surface area contributed by atoms with E-state index in [-0.39, 0.29) is 0 Å². The number of hydrogen-bond donors (Lipinski definition) is 4. The summed E-state index contributed by atoms with van der Waals surface area (Å²) in [5.41, 5.74) is 4.82. The van der Waals surface area contributed by atoms with Crippen molar-refractivity contribution in [2.75, 3.05) is 18.4 Å². The molecule has 4 N–H and O–H groups in total. The summed E-state index contributed by atoms with van der Waals surface area (Å²) in [7, 11) is 0. The number of carbonyl (C=O) groups is 1. The number of nitrogens with one attached hydrogen (secondary N) is 3. The number of aromatic amines is 2. The fourth-order valence-corrected chi connectivity index (χ4v) is 3.57. The fourth-order valence-electron chi connectivity index (χ4n) is 3.57. The predicted molar refractivity (Wildman–Crippen MR) is 108 cm³/mol. The summed E-state index contributed by atoms with van der Waals surface area (Å²) in [6.07, 6.45) is 5.17. The zero-order valence-electron chi connectivity index (χ0n) is 14.9. The normalized spacial score (nSPS) is 14.4. The highest BCUT2D eigenvalue weighted by Crippen LogP contribution is 2.29. The number of rotatable bonds is 3. The number of anilines is 2. The summed E-state index contributed by atoms with van der Waals surface area (Å²) >= 11 is 0. The second kappa shape index (κ2) is 6.41. The number of H-pyrrole nitrogens is 2. The molecule has 0 unspecified atom stereocenters. The number of benzene rings is 1. The van der Waals surface area contributed by atoms with Crippen molar-refractivity contribution in [1.29, 1.82) is 0 Å². The lowest BCUT2D eigenvalue weighted by atomic mass is 10.1. The summed E-state index contributed by atoms with van der Waals surface area (Å²) in [5, 5.41) is 14.5. The molecule has 8 heteroatoms. The van der Waals surface area contributed by atoms with E-state index in [0.29, 0.717) is 19.5 Å². The summed E-state index contributed by atoms with van der Waals surface area (Å²) < 4.78 is 0. The first-order valence-electron chi connectivity index (χ1n) is 9.02. The molecule has 4 heterocycles. The van der Waals surface area contributed by atoms with Crippen LogP contribution in [0.25, 0.3) is 27.5 Å². The van der Waals surface area contributed by atoms with Gasteiger partial charge >= 0.3 is 6.09 Å². The van der Waals surface area contributed by atoms with Crippen LogP contribution in [0.15, 0.2) is 48.9 Å². The van der Waals surface area contributed by atoms with E-state index in [9.17, 15) is 4.79 Å². The Hall–Kier alpha value is -3.81. The van der Waals surface area contributed by atoms with Crippen molar-refractivity contribution in [1.82, 2.24) is 24.8 Å². The van der Waals surface area contributed by atoms with E-state index >= 15 is 0 Å². The van der Waals surface area contributed by atoms with Crippen molar-refractivity contribution < 1.29 is 9.90 Å². The molecule has 1 aliphatic heterocycles. The van der Waals surface area contributed by atoms with E-state index in [1.165, 1.54) is 11.2 Å². The quantitative estimate of drug-likeness (QED) is 0.434. The van der Waals surface area contributed by atoms with Gasteiger partial charge in [0.05, 0.1) is 5.39 Å². The predicted octanol–water partition coefficient (Wildman–Crippen LogP) is 3.95. The third-order valence-corrected chi connectivity index (χ3v) is 5.07. The van der Waals surface area contributed by atoms with Gasteiger partial charge in [-0.1, -0.05) is 6.08 Å². The first-order valence-corrected chi connectivity index (χ1v) is 9.02. The van der Waals surface area contributed by atoms with Crippen LogP contribution in [-0.2, 0) is 0 Å². The molecule has 140 valence electrons. The largest absolute Gasteiger partial charge is 0.465 e. The smallest absolute Gasteiger partial charge is 0.407 e. The molecule has 1 amide bonds. The first kappa shape index (κ1) is 16.4. The molecule has 0 fully saturated rings. The van der Waals surface area contributed by atoms with Crippen LogP contribution < -0.4 is 5.32 Å². The molecule has 0 radical (unpaired) electrons. The molecule has 28 heavy (non-hydrogen) atoms. The van der Waals surface area contributed by atoms with E-state index in [1.54, 1.807) is 0 Å². The van der Waals surface area contributed by atoms with Gasteiger partial charge in [-0.25, -0.2) is 14.8 Å². The molecule has 8 nitrogen and oxygen atoms in total. The van der Waals surface area contributed by atoms with Crippen LogP contribution in [0.1, 0.15) is 12.1 Å². The number of hydrogen-bond acceptors (Lipinski definition) is 4. The van der Waals surface area contributed by atoms with Gasteiger partial charge < -0.3 is 25.3 Å². The van der Waals surface area contributed by atoms with Crippen LogP contribution in [0, 0.1) is 0 Å². The van der Waals surface area contributed by atoms with Crippen LogP contribution in [0.3, 0.4) is 0 Å². The molecular formula is C20H18N6O2. The van der Waals surface area contributed by atoms with Gasteiger partial charge in [0, 0.05) is 41.6 Å². The highest BCUT2D eigenvalue weighted by molar-refractivity contribution is 5.93. The van der Waals surface area contributed by atoms with Crippen molar-refractivity contribution in [3.05, 3.63) is 54.6 Å². The Kier molecular flexibility index (Phi) is 3.75. The van der Waals surface area contributed by atoms with Crippen molar-refractivity contribution in [2.24, 2.45) is 0 Å². The third-order valence-electron chi connectivity index (χ3n) is 5.07. The Bertz CT molecular complexity index is 1220. The molecule has 0 bridgehead atoms. The van der Waals surface area contributed by atoms with Gasteiger partial charge in [0.15, 0.2) is 0 Å². The molecule has 1 aliphatic rings. The number of nitrogens with zero attached hydrogens (tertiary/aromatic N) is 3. The zero-order valence-corrected chi connectivity index (χ0v) is 14.9. The summed E-state index contributed by atoms with van der Waals surface area (Å²) in [4.78, 5) is 27.7.